The molecular weight excluding hydrogens is 505 g/mol. The van der Waals surface area contributed by atoms with E-state index in [0.717, 1.165) is 12.1 Å². The van der Waals surface area contributed by atoms with Crippen molar-refractivity contribution in [2.75, 3.05) is 44.4 Å². The highest BCUT2D eigenvalue weighted by Gasteiger charge is 2.49. The molecule has 0 amide bonds. The summed E-state index contributed by atoms with van der Waals surface area (Å²) < 4.78 is 94.4. The van der Waals surface area contributed by atoms with Crippen molar-refractivity contribution >= 4 is 16.7 Å². The monoisotopic (exact) mass is 527 g/mol. The summed E-state index contributed by atoms with van der Waals surface area (Å²) >= 11 is 0. The number of alkyl halides is 3. The number of hydrogen-bond acceptors (Lipinski definition) is 7. The maximum absolute atomic E-state index is 15.1. The smallest absolute Gasteiger partial charge is 0.423 e. The molecule has 3 aliphatic rings. The van der Waals surface area contributed by atoms with Crippen LogP contribution in [0, 0.1) is 11.6 Å². The highest BCUT2D eigenvalue weighted by molar-refractivity contribution is 5.85. The molecule has 0 unspecified atom stereocenters. The molecule has 5 heterocycles. The third-order valence-corrected chi connectivity index (χ3v) is 6.80. The molecule has 13 heteroatoms. The van der Waals surface area contributed by atoms with Crippen molar-refractivity contribution in [1.29, 1.82) is 0 Å². The molecule has 2 aromatic heterocycles. The molecule has 4 atom stereocenters. The number of halogens is 5. The number of anilines is 1. The highest BCUT2D eigenvalue weighted by Crippen LogP contribution is 2.43. The maximum atomic E-state index is 15.1. The van der Waals surface area contributed by atoms with Crippen molar-refractivity contribution in [2.45, 2.75) is 30.6 Å². The van der Waals surface area contributed by atoms with Gasteiger partial charge in [0.1, 0.15) is 41.0 Å². The Bertz CT molecular complexity index is 1300. The number of ether oxygens (including phenoxy) is 4. The van der Waals surface area contributed by atoms with Crippen molar-refractivity contribution in [3.63, 3.8) is 0 Å². The number of rotatable bonds is 4. The molecule has 0 bridgehead atoms. The fourth-order valence-electron chi connectivity index (χ4n) is 5.04. The Morgan fingerprint density at radius 1 is 1.03 bits per heavy atom. The average Bonchev–Trinajstić information content (AvgIpc) is 3.53. The van der Waals surface area contributed by atoms with Gasteiger partial charge in [-0.25, -0.2) is 13.8 Å². The van der Waals surface area contributed by atoms with Gasteiger partial charge in [-0.05, 0) is 24.3 Å². The molecule has 3 saturated heterocycles. The van der Waals surface area contributed by atoms with Crippen LogP contribution < -0.4 is 9.64 Å². The second-order valence-electron chi connectivity index (χ2n) is 9.12. The van der Waals surface area contributed by atoms with E-state index in [1.54, 1.807) is 4.90 Å². The van der Waals surface area contributed by atoms with Gasteiger partial charge in [-0.15, -0.1) is 0 Å². The van der Waals surface area contributed by atoms with Crippen LogP contribution in [0.5, 0.6) is 5.88 Å². The summed E-state index contributed by atoms with van der Waals surface area (Å²) in [5.41, 5.74) is -2.29. The van der Waals surface area contributed by atoms with Crippen molar-refractivity contribution in [2.24, 2.45) is 0 Å². The number of morpholine rings is 1. The topological polar surface area (TPSA) is 89.1 Å². The molecule has 3 fully saturated rings. The van der Waals surface area contributed by atoms with Gasteiger partial charge >= 0.3 is 6.18 Å². The maximum Gasteiger partial charge on any atom is 0.423 e. The van der Waals surface area contributed by atoms with E-state index in [1.807, 2.05) is 0 Å². The highest BCUT2D eigenvalue weighted by atomic mass is 19.4. The second kappa shape index (κ2) is 9.08. The fraction of sp³-hybridized carbons (Fsp3) is 0.458. The van der Waals surface area contributed by atoms with E-state index >= 15 is 8.78 Å². The fourth-order valence-corrected chi connectivity index (χ4v) is 5.04. The first-order valence-electron chi connectivity index (χ1n) is 11.7. The van der Waals surface area contributed by atoms with Gasteiger partial charge in [-0.2, -0.15) is 13.2 Å². The number of nitrogens with one attached hydrogen (secondary N) is 1. The first-order chi connectivity index (χ1) is 17.7. The van der Waals surface area contributed by atoms with Gasteiger partial charge in [-0.1, -0.05) is 0 Å². The van der Waals surface area contributed by atoms with E-state index in [0.29, 0.717) is 32.0 Å². The number of H-pyrrole nitrogens is 1. The van der Waals surface area contributed by atoms with E-state index in [-0.39, 0.29) is 24.4 Å². The molecule has 8 nitrogen and oxygen atoms in total. The number of aliphatic hydroxyl groups is 1. The summed E-state index contributed by atoms with van der Waals surface area (Å²) in [4.78, 5) is 8.33. The molecule has 2 N–H and O–H groups in total. The number of aromatic amines is 1. The predicted molar refractivity (Wildman–Crippen MR) is 119 cm³/mol. The van der Waals surface area contributed by atoms with E-state index in [1.165, 1.54) is 12.1 Å². The largest absolute Gasteiger partial charge is 0.470 e. The molecule has 198 valence electrons. The average molecular weight is 527 g/mol. The van der Waals surface area contributed by atoms with Gasteiger partial charge in [0.15, 0.2) is 6.10 Å². The molecule has 37 heavy (non-hydrogen) atoms. The SMILES string of the molecule is O[C@@H]1CO[C@H]2[C@@H]1OC[C@H]2Oc1[nH]c2ccc(-c3c(F)cc(N4CCOCC4)cc3F)nc2c1C(F)(F)F. The van der Waals surface area contributed by atoms with Gasteiger partial charge in [0.05, 0.1) is 43.2 Å². The van der Waals surface area contributed by atoms with Gasteiger partial charge in [0.25, 0.3) is 0 Å². The molecule has 0 saturated carbocycles. The van der Waals surface area contributed by atoms with Crippen LogP contribution in [0.25, 0.3) is 22.3 Å². The first-order valence-corrected chi connectivity index (χ1v) is 11.7. The molecule has 0 aliphatic carbocycles. The molecule has 0 spiro atoms. The minimum absolute atomic E-state index is 0.0135. The van der Waals surface area contributed by atoms with Crippen LogP contribution >= 0.6 is 0 Å². The summed E-state index contributed by atoms with van der Waals surface area (Å²) in [6, 6.07) is 4.78. The quantitative estimate of drug-likeness (QED) is 0.504. The number of aliphatic hydroxyl groups excluding tert-OH is 1. The normalized spacial score (nSPS) is 26.2. The number of hydrogen-bond donors (Lipinski definition) is 2. The Hall–Kier alpha value is -3.00. The van der Waals surface area contributed by atoms with Gasteiger partial charge < -0.3 is 33.9 Å². The lowest BCUT2D eigenvalue weighted by Crippen LogP contribution is -2.36. The Kier molecular flexibility index (Phi) is 5.97. The molecule has 1 aromatic carbocycles. The van der Waals surface area contributed by atoms with Crippen LogP contribution in [0.2, 0.25) is 0 Å². The molecule has 3 aromatic rings. The lowest BCUT2D eigenvalue weighted by Gasteiger charge is -2.29. The summed E-state index contributed by atoms with van der Waals surface area (Å²) in [5, 5.41) is 9.88. The third kappa shape index (κ3) is 4.29. The predicted octanol–water partition coefficient (Wildman–Crippen LogP) is 3.27. The van der Waals surface area contributed by atoms with Gasteiger partial charge in [0.2, 0.25) is 5.88 Å². The molecule has 6 rings (SSSR count). The van der Waals surface area contributed by atoms with Crippen LogP contribution in [0.1, 0.15) is 5.56 Å². The van der Waals surface area contributed by atoms with Gasteiger partial charge in [0, 0.05) is 18.8 Å². The summed E-state index contributed by atoms with van der Waals surface area (Å²) in [6.45, 7) is 1.66. The lowest BCUT2D eigenvalue weighted by molar-refractivity contribution is -0.138. The number of pyridine rings is 1. The Labute approximate surface area is 206 Å². The van der Waals surface area contributed by atoms with Crippen LogP contribution in [-0.2, 0) is 20.4 Å². The van der Waals surface area contributed by atoms with Crippen molar-refractivity contribution in [3.8, 4) is 17.1 Å². The van der Waals surface area contributed by atoms with Crippen molar-refractivity contribution in [1.82, 2.24) is 9.97 Å². The Morgan fingerprint density at radius 3 is 2.43 bits per heavy atom. The summed E-state index contributed by atoms with van der Waals surface area (Å²) in [6.07, 6.45) is -8.13. The lowest BCUT2D eigenvalue weighted by atomic mass is 10.1. The number of fused-ring (bicyclic) bond motifs is 2. The molecular formula is C24H22F5N3O5. The minimum Gasteiger partial charge on any atom is -0.470 e. The standard InChI is InChI=1S/C24H22F5N3O5/c25-12-7-11(32-3-5-34-6-4-32)8-13(26)18(12)14-1-2-15-20(30-14)19(24(27,28)29)23(31-15)37-17-10-36-21-16(33)9-35-22(17)21/h1-2,7-8,16-17,21-22,31,33H,3-6,9-10H2/t16-,17-,21-,22-/m1/s1. The Balaban J connectivity index is 1.37. The van der Waals surface area contributed by atoms with Crippen LogP contribution in [-0.4, -0.2) is 79.0 Å². The minimum atomic E-state index is -4.90. The number of nitrogens with zero attached hydrogens (tertiary/aromatic N) is 2. The summed E-state index contributed by atoms with van der Waals surface area (Å²) in [5.74, 6) is -2.50. The van der Waals surface area contributed by atoms with Crippen LogP contribution in [0.15, 0.2) is 24.3 Å². The zero-order valence-electron chi connectivity index (χ0n) is 19.2. The number of aromatic nitrogens is 2. The van der Waals surface area contributed by atoms with Gasteiger partial charge in [-0.3, -0.25) is 0 Å². The van der Waals surface area contributed by atoms with E-state index in [2.05, 4.69) is 9.97 Å². The first kappa shape index (κ1) is 24.3. The van der Waals surface area contributed by atoms with Crippen molar-refractivity contribution < 1.29 is 46.0 Å². The van der Waals surface area contributed by atoms with E-state index in [9.17, 15) is 18.3 Å². The zero-order chi connectivity index (χ0) is 25.9. The van der Waals surface area contributed by atoms with Crippen molar-refractivity contribution in [3.05, 3.63) is 41.5 Å². The van der Waals surface area contributed by atoms with Crippen LogP contribution in [0.4, 0.5) is 27.6 Å². The summed E-state index contributed by atoms with van der Waals surface area (Å²) in [7, 11) is 0. The van der Waals surface area contributed by atoms with Crippen LogP contribution in [0.3, 0.4) is 0 Å². The molecule has 3 aliphatic heterocycles. The Morgan fingerprint density at radius 2 is 1.73 bits per heavy atom. The van der Waals surface area contributed by atoms with E-state index in [4.69, 9.17) is 18.9 Å². The van der Waals surface area contributed by atoms with E-state index < -0.39 is 64.8 Å². The number of benzene rings is 1. The zero-order valence-corrected chi connectivity index (χ0v) is 19.2. The third-order valence-electron chi connectivity index (χ3n) is 6.80. The molecule has 0 radical (unpaired) electrons. The second-order valence-corrected chi connectivity index (χ2v) is 9.12.